The van der Waals surface area contributed by atoms with E-state index in [0.717, 1.165) is 11.1 Å². The van der Waals surface area contributed by atoms with E-state index in [0.29, 0.717) is 0 Å². The second kappa shape index (κ2) is 6.54. The fourth-order valence-corrected chi connectivity index (χ4v) is 1.54. The Kier molecular flexibility index (Phi) is 4.51. The van der Waals surface area contributed by atoms with Crippen molar-refractivity contribution >= 4 is 25.6 Å². The summed E-state index contributed by atoms with van der Waals surface area (Å²) >= 11 is 0. The van der Waals surface area contributed by atoms with Crippen LogP contribution < -0.4 is 5.46 Å². The van der Waals surface area contributed by atoms with Gasteiger partial charge in [-0.3, -0.25) is 0 Å². The normalized spacial score (nSPS) is 10.5. The van der Waals surface area contributed by atoms with E-state index in [1.807, 2.05) is 62.4 Å². The molecule has 0 aliphatic carbocycles. The van der Waals surface area contributed by atoms with Gasteiger partial charge in [0.15, 0.2) is 0 Å². The zero-order valence-corrected chi connectivity index (χ0v) is 10.7. The average molecular weight is 251 g/mol. The molecule has 1 amide bonds. The Morgan fingerprint density at radius 1 is 1.11 bits per heavy atom. The lowest BCUT2D eigenvalue weighted by Crippen LogP contribution is -2.02. The minimum Gasteiger partial charge on any atom is -0.443 e. The van der Waals surface area contributed by atoms with Crippen molar-refractivity contribution in [1.82, 2.24) is 0 Å². The average Bonchev–Trinajstić information content (AvgIpc) is 2.45. The maximum absolute atomic E-state index is 11.4. The summed E-state index contributed by atoms with van der Waals surface area (Å²) in [5.41, 5.74) is 2.99. The van der Waals surface area contributed by atoms with E-state index >= 15 is 0 Å². The first kappa shape index (κ1) is 13.1. The summed E-state index contributed by atoms with van der Waals surface area (Å²) < 4.78 is 5.04. The van der Waals surface area contributed by atoms with E-state index in [4.69, 9.17) is 4.74 Å². The molecule has 19 heavy (non-hydrogen) atoms. The highest BCUT2D eigenvalue weighted by molar-refractivity contribution is 6.32. The molecule has 0 unspecified atom stereocenters. The molecule has 2 aromatic carbocycles. The van der Waals surface area contributed by atoms with Crippen LogP contribution in [0, 0.1) is 0 Å². The Labute approximate surface area is 113 Å². The number of carbonyl (C=O) groups excluding carboxylic acids is 1. The molecule has 0 saturated carbocycles. The Morgan fingerprint density at radius 3 is 2.47 bits per heavy atom. The number of benzene rings is 2. The van der Waals surface area contributed by atoms with E-state index in [2.05, 4.69) is 4.99 Å². The highest BCUT2D eigenvalue weighted by Crippen LogP contribution is 2.01. The number of amides is 1. The molecular formula is C15H14BNO2. The third-order valence-electron chi connectivity index (χ3n) is 2.60. The second-order valence-electron chi connectivity index (χ2n) is 4.21. The summed E-state index contributed by atoms with van der Waals surface area (Å²) in [5, 5.41) is 0. The van der Waals surface area contributed by atoms with Crippen molar-refractivity contribution in [2.75, 3.05) is 0 Å². The van der Waals surface area contributed by atoms with Crippen molar-refractivity contribution in [3.05, 3.63) is 65.7 Å². The second-order valence-corrected chi connectivity index (χ2v) is 4.21. The summed E-state index contributed by atoms with van der Waals surface area (Å²) in [6.07, 6.45) is 0.927. The molecular weight excluding hydrogens is 237 g/mol. The molecule has 94 valence electrons. The molecule has 0 aliphatic heterocycles. The molecule has 0 radical (unpaired) electrons. The van der Waals surface area contributed by atoms with Gasteiger partial charge in [-0.1, -0.05) is 60.1 Å². The van der Waals surface area contributed by atoms with Crippen LogP contribution in [0.4, 0.5) is 4.79 Å². The first-order valence-electron chi connectivity index (χ1n) is 6.05. The van der Waals surface area contributed by atoms with Gasteiger partial charge in [0.25, 0.3) is 0 Å². The molecule has 4 heteroatoms. The molecule has 0 bridgehead atoms. The van der Waals surface area contributed by atoms with Crippen LogP contribution in [0.1, 0.15) is 11.1 Å². The molecule has 3 nitrogen and oxygen atoms in total. The third-order valence-corrected chi connectivity index (χ3v) is 2.60. The summed E-state index contributed by atoms with van der Waals surface area (Å²) in [6.45, 7) is 0.241. The molecule has 2 rings (SSSR count). The lowest BCUT2D eigenvalue weighted by atomic mass is 9.95. The zero-order valence-electron chi connectivity index (χ0n) is 10.7. The maximum atomic E-state index is 11.4. The van der Waals surface area contributed by atoms with Crippen LogP contribution in [0.15, 0.2) is 59.6 Å². The van der Waals surface area contributed by atoms with Gasteiger partial charge in [0.2, 0.25) is 0 Å². The quantitative estimate of drug-likeness (QED) is 0.615. The Morgan fingerprint density at radius 2 is 1.79 bits per heavy atom. The number of rotatable bonds is 3. The Hall–Kier alpha value is -2.36. The fourth-order valence-electron chi connectivity index (χ4n) is 1.54. The molecule has 0 aromatic heterocycles. The number of hydrogen-bond donors (Lipinski definition) is 0. The van der Waals surface area contributed by atoms with Crippen molar-refractivity contribution in [1.29, 1.82) is 0 Å². The number of hydrogen-bond acceptors (Lipinski definition) is 2. The van der Waals surface area contributed by atoms with Gasteiger partial charge >= 0.3 is 6.09 Å². The van der Waals surface area contributed by atoms with Crippen molar-refractivity contribution < 1.29 is 9.53 Å². The smallest absolute Gasteiger partial charge is 0.433 e. The highest BCUT2D eigenvalue weighted by atomic mass is 16.5. The third kappa shape index (κ3) is 4.43. The molecule has 0 fully saturated rings. The lowest BCUT2D eigenvalue weighted by molar-refractivity contribution is 0.151. The molecule has 0 heterocycles. The van der Waals surface area contributed by atoms with Crippen molar-refractivity contribution in [3.8, 4) is 0 Å². The largest absolute Gasteiger partial charge is 0.443 e. The topological polar surface area (TPSA) is 38.7 Å². The summed E-state index contributed by atoms with van der Waals surface area (Å²) in [6, 6.07) is 17.3. The minimum atomic E-state index is -0.579. The first-order valence-corrected chi connectivity index (χ1v) is 6.05. The predicted octanol–water partition coefficient (Wildman–Crippen LogP) is 1.70. The number of aliphatic imine (C=N–C) groups is 1. The Bertz CT molecular complexity index is 564. The molecule has 0 N–H and O–H groups in total. The molecule has 0 aliphatic rings. The van der Waals surface area contributed by atoms with Gasteiger partial charge in [-0.05, 0) is 11.1 Å². The molecule has 2 aromatic rings. The molecule has 0 saturated heterocycles. The Balaban J connectivity index is 1.86. The van der Waals surface area contributed by atoms with Crippen LogP contribution in [0.5, 0.6) is 0 Å². The van der Waals surface area contributed by atoms with Crippen LogP contribution in [-0.4, -0.2) is 20.2 Å². The van der Waals surface area contributed by atoms with Gasteiger partial charge in [0.05, 0.1) is 0 Å². The number of nitrogens with zero attached hydrogens (tertiary/aromatic N) is 1. The summed E-state index contributed by atoms with van der Waals surface area (Å²) in [5.74, 6) is 0. The standard InChI is InChI=1S/C15H14BNO2/c16-14-8-6-12(7-9-14)10-17-15(18)19-11-13-4-2-1-3-5-13/h1-10H,11,16H2/b17-10+. The van der Waals surface area contributed by atoms with Crippen molar-refractivity contribution in [2.45, 2.75) is 6.61 Å². The summed E-state index contributed by atoms with van der Waals surface area (Å²) in [7, 11) is 2.01. The minimum absolute atomic E-state index is 0.241. The van der Waals surface area contributed by atoms with Crippen LogP contribution in [0.25, 0.3) is 0 Å². The van der Waals surface area contributed by atoms with Crippen LogP contribution in [-0.2, 0) is 11.3 Å². The van der Waals surface area contributed by atoms with E-state index in [9.17, 15) is 4.79 Å². The van der Waals surface area contributed by atoms with Gasteiger partial charge < -0.3 is 4.74 Å². The van der Waals surface area contributed by atoms with Crippen molar-refractivity contribution in [3.63, 3.8) is 0 Å². The van der Waals surface area contributed by atoms with Gasteiger partial charge in [-0.15, -0.1) is 0 Å². The first-order chi connectivity index (χ1) is 9.24. The van der Waals surface area contributed by atoms with E-state index < -0.39 is 6.09 Å². The maximum Gasteiger partial charge on any atom is 0.433 e. The zero-order chi connectivity index (χ0) is 13.5. The van der Waals surface area contributed by atoms with Crippen LogP contribution in [0.3, 0.4) is 0 Å². The molecule has 0 spiro atoms. The SMILES string of the molecule is Bc1ccc(/C=N/C(=O)OCc2ccccc2)cc1. The monoisotopic (exact) mass is 251 g/mol. The molecule has 0 atom stereocenters. The summed E-state index contributed by atoms with van der Waals surface area (Å²) in [4.78, 5) is 15.2. The lowest BCUT2D eigenvalue weighted by Gasteiger charge is -2.00. The van der Waals surface area contributed by atoms with E-state index in [1.165, 1.54) is 11.7 Å². The predicted molar refractivity (Wildman–Crippen MR) is 78.8 cm³/mol. The number of ether oxygens (including phenoxy) is 1. The van der Waals surface area contributed by atoms with Crippen LogP contribution >= 0.6 is 0 Å². The van der Waals surface area contributed by atoms with Crippen molar-refractivity contribution in [2.24, 2.45) is 4.99 Å². The van der Waals surface area contributed by atoms with Gasteiger partial charge in [-0.25, -0.2) is 4.79 Å². The van der Waals surface area contributed by atoms with Gasteiger partial charge in [0.1, 0.15) is 14.5 Å². The highest BCUT2D eigenvalue weighted by Gasteiger charge is 1.99. The van der Waals surface area contributed by atoms with Gasteiger partial charge in [0, 0.05) is 6.21 Å². The number of carbonyl (C=O) groups is 1. The fraction of sp³-hybridized carbons (Fsp3) is 0.0667. The van der Waals surface area contributed by atoms with E-state index in [1.54, 1.807) is 0 Å². The van der Waals surface area contributed by atoms with E-state index in [-0.39, 0.29) is 6.61 Å². The van der Waals surface area contributed by atoms with Gasteiger partial charge in [-0.2, -0.15) is 4.99 Å². The van der Waals surface area contributed by atoms with Crippen LogP contribution in [0.2, 0.25) is 0 Å².